The summed E-state index contributed by atoms with van der Waals surface area (Å²) in [4.78, 5) is 0.267. The molecule has 0 aliphatic carbocycles. The van der Waals surface area contributed by atoms with E-state index < -0.39 is 40.4 Å². The van der Waals surface area contributed by atoms with Crippen LogP contribution in [0.2, 0.25) is 0 Å². The van der Waals surface area contributed by atoms with E-state index in [2.05, 4.69) is 26.4 Å². The van der Waals surface area contributed by atoms with Gasteiger partial charge in [-0.1, -0.05) is 49.5 Å². The smallest absolute Gasteiger partial charge is 0.200 e. The molecule has 0 saturated carbocycles. The van der Waals surface area contributed by atoms with Crippen molar-refractivity contribution in [2.45, 2.75) is 13.3 Å². The molecule has 0 fully saturated rings. The van der Waals surface area contributed by atoms with Crippen molar-refractivity contribution >= 4 is 46.0 Å². The standard InChI is InChI=1S/C19H16F5N5S2/c1-3-10(30)26-27-17(9-7-5-4-6-8-9)18(28-29-19(31)25-2)11-12(20)14(22)16(24)15(23)13(11)21/h4-8H,3H2,1-2H3,(H,26,30)(H2,25,29,31). The summed E-state index contributed by atoms with van der Waals surface area (Å²) in [5, 5.41) is 10.3. The molecule has 12 heteroatoms. The number of benzene rings is 2. The molecule has 0 aliphatic rings. The molecular weight excluding hydrogens is 457 g/mol. The first kappa shape index (κ1) is 24.3. The van der Waals surface area contributed by atoms with Crippen LogP contribution in [-0.4, -0.2) is 28.6 Å². The van der Waals surface area contributed by atoms with Crippen LogP contribution in [0.1, 0.15) is 24.5 Å². The Balaban J connectivity index is 2.84. The van der Waals surface area contributed by atoms with Crippen molar-refractivity contribution in [1.82, 2.24) is 16.2 Å². The molecule has 2 aromatic carbocycles. The number of hydrogen-bond acceptors (Lipinski definition) is 4. The van der Waals surface area contributed by atoms with E-state index in [0.717, 1.165) is 0 Å². The molecule has 0 bridgehead atoms. The molecule has 0 radical (unpaired) electrons. The third-order valence-electron chi connectivity index (χ3n) is 3.83. The summed E-state index contributed by atoms with van der Waals surface area (Å²) in [6.45, 7) is 1.74. The molecule has 31 heavy (non-hydrogen) atoms. The van der Waals surface area contributed by atoms with Gasteiger partial charge in [-0.05, 0) is 18.6 Å². The topological polar surface area (TPSA) is 60.8 Å². The second-order valence-corrected chi connectivity index (χ2v) is 6.71. The van der Waals surface area contributed by atoms with E-state index in [1.54, 1.807) is 25.1 Å². The molecule has 0 amide bonds. The average molecular weight is 473 g/mol. The second kappa shape index (κ2) is 10.9. The fraction of sp³-hybridized carbons (Fsp3) is 0.158. The van der Waals surface area contributed by atoms with Crippen LogP contribution in [0.5, 0.6) is 0 Å². The van der Waals surface area contributed by atoms with Gasteiger partial charge in [0.25, 0.3) is 0 Å². The number of halogens is 5. The SMILES string of the molecule is CCC(=S)NN=C(C(=NNC(=S)NC)c1c(F)c(F)c(F)c(F)c1F)c1ccccc1. The van der Waals surface area contributed by atoms with Gasteiger partial charge in [0, 0.05) is 12.6 Å². The van der Waals surface area contributed by atoms with Crippen LogP contribution in [0, 0.1) is 29.1 Å². The number of hydrogen-bond donors (Lipinski definition) is 3. The fourth-order valence-corrected chi connectivity index (χ4v) is 2.34. The van der Waals surface area contributed by atoms with E-state index in [9.17, 15) is 22.0 Å². The summed E-state index contributed by atoms with van der Waals surface area (Å²) in [6, 6.07) is 7.85. The van der Waals surface area contributed by atoms with Crippen molar-refractivity contribution in [2.24, 2.45) is 10.2 Å². The Bertz CT molecular complexity index is 1030. The Morgan fingerprint density at radius 3 is 1.84 bits per heavy atom. The summed E-state index contributed by atoms with van der Waals surface area (Å²) >= 11 is 9.93. The second-order valence-electron chi connectivity index (χ2n) is 5.81. The largest absolute Gasteiger partial charge is 0.364 e. The molecule has 0 atom stereocenters. The molecule has 0 heterocycles. The summed E-state index contributed by atoms with van der Waals surface area (Å²) < 4.78 is 70.6. The highest BCUT2D eigenvalue weighted by Crippen LogP contribution is 2.25. The minimum absolute atomic E-state index is 0.0779. The quantitative estimate of drug-likeness (QED) is 0.148. The van der Waals surface area contributed by atoms with Crippen molar-refractivity contribution in [1.29, 1.82) is 0 Å². The lowest BCUT2D eigenvalue weighted by molar-refractivity contribution is 0.377. The predicted molar refractivity (Wildman–Crippen MR) is 117 cm³/mol. The summed E-state index contributed by atoms with van der Waals surface area (Å²) in [5.41, 5.74) is 2.84. The van der Waals surface area contributed by atoms with Crippen LogP contribution in [0.4, 0.5) is 22.0 Å². The highest BCUT2D eigenvalue weighted by atomic mass is 32.1. The minimum Gasteiger partial charge on any atom is -0.364 e. The van der Waals surface area contributed by atoms with E-state index in [-0.39, 0.29) is 21.4 Å². The number of nitrogens with one attached hydrogen (secondary N) is 3. The van der Waals surface area contributed by atoms with E-state index in [1.165, 1.54) is 19.2 Å². The van der Waals surface area contributed by atoms with E-state index in [1.807, 2.05) is 0 Å². The van der Waals surface area contributed by atoms with Gasteiger partial charge in [0.05, 0.1) is 10.6 Å². The zero-order valence-corrected chi connectivity index (χ0v) is 17.8. The zero-order valence-electron chi connectivity index (χ0n) is 16.2. The molecule has 0 unspecified atom stereocenters. The Kier molecular flexibility index (Phi) is 8.51. The van der Waals surface area contributed by atoms with Crippen LogP contribution < -0.4 is 16.2 Å². The van der Waals surface area contributed by atoms with E-state index >= 15 is 0 Å². The van der Waals surface area contributed by atoms with Gasteiger partial charge >= 0.3 is 0 Å². The highest BCUT2D eigenvalue weighted by molar-refractivity contribution is 7.80. The van der Waals surface area contributed by atoms with E-state index in [4.69, 9.17) is 24.4 Å². The van der Waals surface area contributed by atoms with Crippen LogP contribution in [0.25, 0.3) is 0 Å². The first-order valence-corrected chi connectivity index (χ1v) is 9.54. The van der Waals surface area contributed by atoms with Crippen molar-refractivity contribution in [2.75, 3.05) is 7.05 Å². The van der Waals surface area contributed by atoms with Crippen molar-refractivity contribution in [3.05, 3.63) is 70.5 Å². The Morgan fingerprint density at radius 2 is 1.32 bits per heavy atom. The Hall–Kier alpha value is -2.99. The molecule has 3 N–H and O–H groups in total. The maximum atomic E-state index is 14.6. The molecule has 0 aromatic heterocycles. The van der Waals surface area contributed by atoms with Gasteiger partial charge in [-0.2, -0.15) is 10.2 Å². The van der Waals surface area contributed by atoms with Crippen LogP contribution >= 0.6 is 24.4 Å². The fourth-order valence-electron chi connectivity index (χ4n) is 2.25. The van der Waals surface area contributed by atoms with Gasteiger partial charge in [0.2, 0.25) is 5.82 Å². The Labute approximate surface area is 185 Å². The van der Waals surface area contributed by atoms with Crippen LogP contribution in [0.3, 0.4) is 0 Å². The van der Waals surface area contributed by atoms with Gasteiger partial charge < -0.3 is 5.32 Å². The summed E-state index contributed by atoms with van der Waals surface area (Å²) in [7, 11) is 1.44. The third kappa shape index (κ3) is 5.58. The first-order chi connectivity index (χ1) is 14.7. The normalized spacial score (nSPS) is 11.8. The lowest BCUT2D eigenvalue weighted by Crippen LogP contribution is -2.33. The molecule has 2 aromatic rings. The molecule has 164 valence electrons. The zero-order chi connectivity index (χ0) is 23.1. The third-order valence-corrected chi connectivity index (χ3v) is 4.50. The van der Waals surface area contributed by atoms with Crippen molar-refractivity contribution in [3.63, 3.8) is 0 Å². The summed E-state index contributed by atoms with van der Waals surface area (Å²) in [5.74, 6) is -10.7. The molecule has 0 aliphatic heterocycles. The lowest BCUT2D eigenvalue weighted by atomic mass is 9.98. The number of thiocarbonyl (C=S) groups is 2. The predicted octanol–water partition coefficient (Wildman–Crippen LogP) is 3.91. The molecule has 5 nitrogen and oxygen atoms in total. The Morgan fingerprint density at radius 1 is 0.806 bits per heavy atom. The maximum absolute atomic E-state index is 14.6. The molecule has 0 saturated heterocycles. The van der Waals surface area contributed by atoms with Crippen LogP contribution in [-0.2, 0) is 0 Å². The van der Waals surface area contributed by atoms with Gasteiger partial charge in [-0.15, -0.1) is 0 Å². The number of rotatable bonds is 6. The maximum Gasteiger partial charge on any atom is 0.200 e. The van der Waals surface area contributed by atoms with Gasteiger partial charge in [0.1, 0.15) is 11.4 Å². The van der Waals surface area contributed by atoms with Gasteiger partial charge in [-0.3, -0.25) is 10.9 Å². The average Bonchev–Trinajstić information content (AvgIpc) is 2.79. The number of hydrazone groups is 2. The highest BCUT2D eigenvalue weighted by Gasteiger charge is 2.31. The van der Waals surface area contributed by atoms with Crippen molar-refractivity contribution in [3.8, 4) is 0 Å². The summed E-state index contributed by atoms with van der Waals surface area (Å²) in [6.07, 6.45) is 0.387. The first-order valence-electron chi connectivity index (χ1n) is 8.72. The minimum atomic E-state index is -2.29. The lowest BCUT2D eigenvalue weighted by Gasteiger charge is -2.15. The number of nitrogens with zero attached hydrogens (tertiary/aromatic N) is 2. The van der Waals surface area contributed by atoms with Crippen LogP contribution in [0.15, 0.2) is 40.5 Å². The van der Waals surface area contributed by atoms with E-state index in [0.29, 0.717) is 6.42 Å². The molecule has 0 spiro atoms. The van der Waals surface area contributed by atoms with Gasteiger partial charge in [0.15, 0.2) is 28.4 Å². The van der Waals surface area contributed by atoms with Gasteiger partial charge in [-0.25, -0.2) is 22.0 Å². The monoisotopic (exact) mass is 473 g/mol. The molecule has 2 rings (SSSR count). The van der Waals surface area contributed by atoms with Crippen molar-refractivity contribution < 1.29 is 22.0 Å². The molecular formula is C19H16F5N5S2.